The van der Waals surface area contributed by atoms with Gasteiger partial charge in [-0.25, -0.2) is 4.98 Å². The zero-order valence-electron chi connectivity index (χ0n) is 11.2. The predicted octanol–water partition coefficient (Wildman–Crippen LogP) is 5.35. The van der Waals surface area contributed by atoms with Gasteiger partial charge in [0.1, 0.15) is 5.82 Å². The van der Waals surface area contributed by atoms with Crippen LogP contribution in [0.15, 0.2) is 18.2 Å². The van der Waals surface area contributed by atoms with Gasteiger partial charge in [-0.3, -0.25) is 0 Å². The molecule has 1 aromatic heterocycles. The minimum atomic E-state index is -0.0900. The summed E-state index contributed by atoms with van der Waals surface area (Å²) in [4.78, 5) is 4.67. The monoisotopic (exact) mass is 296 g/mol. The third kappa shape index (κ3) is 2.61. The fourth-order valence-corrected chi connectivity index (χ4v) is 3.09. The van der Waals surface area contributed by atoms with Crippen LogP contribution < -0.4 is 0 Å². The third-order valence-corrected chi connectivity index (χ3v) is 4.28. The fraction of sp³-hybridized carbons (Fsp3) is 0.533. The summed E-state index contributed by atoms with van der Waals surface area (Å²) in [6.45, 7) is 4.23. The topological polar surface area (TPSA) is 17.8 Å². The second-order valence-electron chi connectivity index (χ2n) is 5.62. The molecule has 1 heterocycles. The Morgan fingerprint density at radius 3 is 2.74 bits per heavy atom. The van der Waals surface area contributed by atoms with Crippen molar-refractivity contribution in [1.82, 2.24) is 9.55 Å². The number of fused-ring (bicyclic) bond motifs is 1. The van der Waals surface area contributed by atoms with Crippen molar-refractivity contribution in [3.8, 4) is 0 Å². The van der Waals surface area contributed by atoms with Crippen LogP contribution in [0.4, 0.5) is 0 Å². The van der Waals surface area contributed by atoms with E-state index in [0.717, 1.165) is 27.8 Å². The number of imidazole rings is 1. The highest BCUT2D eigenvalue weighted by Gasteiger charge is 2.27. The Balaban J connectivity index is 2.11. The molecule has 102 valence electrons. The highest BCUT2D eigenvalue weighted by molar-refractivity contribution is 6.31. The van der Waals surface area contributed by atoms with E-state index >= 15 is 0 Å². The number of hydrogen-bond donors (Lipinski definition) is 0. The molecule has 3 rings (SSSR count). The van der Waals surface area contributed by atoms with Crippen LogP contribution >= 0.6 is 23.2 Å². The number of hydrogen-bond acceptors (Lipinski definition) is 1. The van der Waals surface area contributed by atoms with E-state index < -0.39 is 0 Å². The first-order valence-electron chi connectivity index (χ1n) is 6.87. The number of aromatic nitrogens is 2. The highest BCUT2D eigenvalue weighted by atomic mass is 35.5. The lowest BCUT2D eigenvalue weighted by atomic mass is 10.1. The van der Waals surface area contributed by atoms with Crippen LogP contribution in [0.2, 0.25) is 5.02 Å². The Bertz CT molecular complexity index is 599. The van der Waals surface area contributed by atoms with Gasteiger partial charge < -0.3 is 4.57 Å². The largest absolute Gasteiger partial charge is 0.324 e. The maximum absolute atomic E-state index is 6.30. The van der Waals surface area contributed by atoms with Crippen molar-refractivity contribution >= 4 is 34.2 Å². The van der Waals surface area contributed by atoms with E-state index in [2.05, 4.69) is 16.5 Å². The minimum Gasteiger partial charge on any atom is -0.324 e. The Morgan fingerprint density at radius 2 is 2.11 bits per heavy atom. The van der Waals surface area contributed by atoms with Crippen molar-refractivity contribution in [3.63, 3.8) is 0 Å². The van der Waals surface area contributed by atoms with Gasteiger partial charge in [0.05, 0.1) is 16.4 Å². The number of halogens is 2. The van der Waals surface area contributed by atoms with Crippen molar-refractivity contribution in [2.24, 2.45) is 5.92 Å². The summed E-state index contributed by atoms with van der Waals surface area (Å²) in [5.74, 6) is 1.83. The molecule has 1 aliphatic carbocycles. The molecule has 4 heteroatoms. The zero-order valence-corrected chi connectivity index (χ0v) is 12.7. The van der Waals surface area contributed by atoms with Gasteiger partial charge in [-0.15, -0.1) is 11.6 Å². The van der Waals surface area contributed by atoms with Crippen molar-refractivity contribution < 1.29 is 0 Å². The second-order valence-corrected chi connectivity index (χ2v) is 6.71. The first-order valence-corrected chi connectivity index (χ1v) is 7.69. The zero-order chi connectivity index (χ0) is 13.6. The Hall–Kier alpha value is -0.730. The summed E-state index contributed by atoms with van der Waals surface area (Å²) in [5, 5.41) is 0.661. The van der Waals surface area contributed by atoms with E-state index in [9.17, 15) is 0 Å². The molecule has 2 aromatic rings. The van der Waals surface area contributed by atoms with Gasteiger partial charge in [-0.1, -0.05) is 24.4 Å². The molecule has 0 saturated heterocycles. The molecule has 1 fully saturated rings. The van der Waals surface area contributed by atoms with Gasteiger partial charge in [0, 0.05) is 11.1 Å². The number of rotatable bonds is 4. The number of alkyl halides is 1. The van der Waals surface area contributed by atoms with Gasteiger partial charge in [0.15, 0.2) is 0 Å². The molecule has 1 saturated carbocycles. The van der Waals surface area contributed by atoms with Crippen LogP contribution in [-0.2, 0) is 0 Å². The normalized spacial score (nSPS) is 18.7. The minimum absolute atomic E-state index is 0.0900. The lowest BCUT2D eigenvalue weighted by molar-refractivity contribution is 0.472. The van der Waals surface area contributed by atoms with Crippen molar-refractivity contribution in [2.45, 2.75) is 44.5 Å². The molecule has 0 bridgehead atoms. The SMILES string of the molecule is CC(Cl)c1nc2ccc(Cl)cc2n1C(C)CC1CC1. The van der Waals surface area contributed by atoms with Gasteiger partial charge >= 0.3 is 0 Å². The van der Waals surface area contributed by atoms with E-state index in [0.29, 0.717) is 6.04 Å². The molecule has 0 amide bonds. The molecule has 1 aromatic carbocycles. The summed E-state index contributed by atoms with van der Waals surface area (Å²) in [6, 6.07) is 6.28. The van der Waals surface area contributed by atoms with Crippen molar-refractivity contribution in [2.75, 3.05) is 0 Å². The maximum Gasteiger partial charge on any atom is 0.127 e. The summed E-state index contributed by atoms with van der Waals surface area (Å²) in [7, 11) is 0. The third-order valence-electron chi connectivity index (χ3n) is 3.85. The Kier molecular flexibility index (Phi) is 3.48. The summed E-state index contributed by atoms with van der Waals surface area (Å²) in [6.07, 6.45) is 3.93. The van der Waals surface area contributed by atoms with Crippen LogP contribution in [0.5, 0.6) is 0 Å². The van der Waals surface area contributed by atoms with Crippen LogP contribution in [0.25, 0.3) is 11.0 Å². The van der Waals surface area contributed by atoms with Crippen LogP contribution in [0.3, 0.4) is 0 Å². The maximum atomic E-state index is 6.30. The second kappa shape index (κ2) is 4.99. The van der Waals surface area contributed by atoms with Crippen LogP contribution in [0, 0.1) is 5.92 Å². The average Bonchev–Trinajstić information content (AvgIpc) is 3.07. The summed E-state index contributed by atoms with van der Waals surface area (Å²) < 4.78 is 2.28. The smallest absolute Gasteiger partial charge is 0.127 e. The molecular formula is C15H18Cl2N2. The number of nitrogens with zero attached hydrogens (tertiary/aromatic N) is 2. The van der Waals surface area contributed by atoms with E-state index in [1.54, 1.807) is 0 Å². The van der Waals surface area contributed by atoms with Crippen LogP contribution in [0.1, 0.15) is 50.4 Å². The molecule has 1 aliphatic rings. The predicted molar refractivity (Wildman–Crippen MR) is 81.1 cm³/mol. The molecule has 2 atom stereocenters. The molecule has 2 nitrogen and oxygen atoms in total. The van der Waals surface area contributed by atoms with Gasteiger partial charge in [-0.05, 0) is 44.4 Å². The summed E-state index contributed by atoms with van der Waals surface area (Å²) in [5.41, 5.74) is 2.08. The van der Waals surface area contributed by atoms with Crippen LogP contribution in [-0.4, -0.2) is 9.55 Å². The molecule has 19 heavy (non-hydrogen) atoms. The number of benzene rings is 1. The lowest BCUT2D eigenvalue weighted by Crippen LogP contribution is -2.10. The lowest BCUT2D eigenvalue weighted by Gasteiger charge is -2.18. The first kappa shape index (κ1) is 13.3. The molecular weight excluding hydrogens is 279 g/mol. The molecule has 2 unspecified atom stereocenters. The molecule has 0 aliphatic heterocycles. The van der Waals surface area contributed by atoms with Crippen molar-refractivity contribution in [1.29, 1.82) is 0 Å². The van der Waals surface area contributed by atoms with Gasteiger partial charge in [-0.2, -0.15) is 0 Å². The molecule has 0 N–H and O–H groups in total. The van der Waals surface area contributed by atoms with Crippen molar-refractivity contribution in [3.05, 3.63) is 29.0 Å². The van der Waals surface area contributed by atoms with E-state index in [1.165, 1.54) is 19.3 Å². The van der Waals surface area contributed by atoms with Gasteiger partial charge in [0.25, 0.3) is 0 Å². The standard InChI is InChI=1S/C15H18Cl2N2/c1-9(7-11-3-4-11)19-14-8-12(17)5-6-13(14)18-15(19)10(2)16/h5-6,8-11H,3-4,7H2,1-2H3. The van der Waals surface area contributed by atoms with E-state index in [-0.39, 0.29) is 5.38 Å². The highest BCUT2D eigenvalue weighted by Crippen LogP contribution is 2.39. The van der Waals surface area contributed by atoms with Gasteiger partial charge in [0.2, 0.25) is 0 Å². The molecule has 0 spiro atoms. The first-order chi connectivity index (χ1) is 9.06. The quantitative estimate of drug-likeness (QED) is 0.695. The fourth-order valence-electron chi connectivity index (χ4n) is 2.77. The van der Waals surface area contributed by atoms with E-state index in [1.807, 2.05) is 25.1 Å². The average molecular weight is 297 g/mol. The van der Waals surface area contributed by atoms with E-state index in [4.69, 9.17) is 23.2 Å². The summed E-state index contributed by atoms with van der Waals surface area (Å²) >= 11 is 12.4. The molecule has 0 radical (unpaired) electrons. The Morgan fingerprint density at radius 1 is 1.37 bits per heavy atom. The Labute approximate surface area is 123 Å².